The van der Waals surface area contributed by atoms with Crippen LogP contribution in [-0.2, 0) is 14.3 Å². The molecule has 0 aliphatic heterocycles. The first-order valence-corrected chi connectivity index (χ1v) is 12.0. The molecule has 0 heterocycles. The first kappa shape index (κ1) is 25.5. The molecule has 2 rings (SSSR count). The molecule has 0 aromatic heterocycles. The zero-order chi connectivity index (χ0) is 19.3. The quantitative estimate of drug-likeness (QED) is 0.273. The highest BCUT2D eigenvalue weighted by molar-refractivity contribution is 9.19. The highest BCUT2D eigenvalue weighted by Gasteiger charge is 2.35. The van der Waals surface area contributed by atoms with Gasteiger partial charge in [0.15, 0.2) is 0 Å². The van der Waals surface area contributed by atoms with Gasteiger partial charge in [0.1, 0.15) is 10.9 Å². The molecule has 2 aliphatic carbocycles. The van der Waals surface area contributed by atoms with Crippen molar-refractivity contribution in [1.82, 2.24) is 0 Å². The van der Waals surface area contributed by atoms with Crippen molar-refractivity contribution in [2.75, 3.05) is 10.7 Å². The number of hydrogen-bond donors (Lipinski definition) is 1. The predicted octanol–water partition coefficient (Wildman–Crippen LogP) is 5.65. The van der Waals surface area contributed by atoms with E-state index in [1.807, 2.05) is 0 Å². The fourth-order valence-corrected chi connectivity index (χ4v) is 3.32. The van der Waals surface area contributed by atoms with Crippen molar-refractivity contribution in [2.45, 2.75) is 89.3 Å². The van der Waals surface area contributed by atoms with Crippen LogP contribution < -0.4 is 0 Å². The minimum absolute atomic E-state index is 0.0162. The van der Waals surface area contributed by atoms with Crippen molar-refractivity contribution in [3.05, 3.63) is 0 Å². The molecule has 0 aromatic carbocycles. The van der Waals surface area contributed by atoms with Gasteiger partial charge in [-0.15, -0.1) is 0 Å². The van der Waals surface area contributed by atoms with Crippen LogP contribution in [0.4, 0.5) is 0 Å². The van der Waals surface area contributed by atoms with E-state index in [0.29, 0.717) is 10.7 Å². The highest BCUT2D eigenvalue weighted by Crippen LogP contribution is 2.36. The van der Waals surface area contributed by atoms with E-state index >= 15 is 0 Å². The van der Waals surface area contributed by atoms with Crippen molar-refractivity contribution in [3.8, 4) is 0 Å². The Morgan fingerprint density at radius 3 is 1.64 bits per heavy atom. The molecule has 2 saturated carbocycles. The summed E-state index contributed by atoms with van der Waals surface area (Å²) < 4.78 is 5.40. The molecule has 0 saturated heterocycles. The van der Waals surface area contributed by atoms with Crippen LogP contribution in [0, 0.1) is 0 Å². The minimum atomic E-state index is -0.264. The summed E-state index contributed by atoms with van der Waals surface area (Å²) in [6.45, 7) is 4.15. The Morgan fingerprint density at radius 1 is 0.920 bits per heavy atom. The van der Waals surface area contributed by atoms with E-state index in [-0.39, 0.29) is 21.9 Å². The lowest BCUT2D eigenvalue weighted by Crippen LogP contribution is -2.31. The number of carbonyl (C=O) groups excluding carboxylic acids is 2. The molecule has 0 unspecified atom stereocenters. The molecule has 148 valence electrons. The molecule has 0 radical (unpaired) electrons. The van der Waals surface area contributed by atoms with Crippen LogP contribution in [0.3, 0.4) is 0 Å². The van der Waals surface area contributed by atoms with Crippen molar-refractivity contribution in [1.29, 1.82) is 0 Å². The number of alkyl halides is 2. The average molecular weight is 551 g/mol. The number of halogens is 3. The van der Waals surface area contributed by atoms with Gasteiger partial charge in [0.2, 0.25) is 4.69 Å². The predicted molar refractivity (Wildman–Crippen MR) is 113 cm³/mol. The summed E-state index contributed by atoms with van der Waals surface area (Å²) in [4.78, 5) is 20.7. The van der Waals surface area contributed by atoms with Gasteiger partial charge in [0, 0.05) is 0 Å². The molecule has 7 heteroatoms. The summed E-state index contributed by atoms with van der Waals surface area (Å²) in [6, 6.07) is 0. The number of ether oxygens (including phenoxy) is 1. The smallest absolute Gasteiger partial charge is 0.317 e. The molecule has 0 atom stereocenters. The molecule has 0 aromatic rings. The molecule has 0 bridgehead atoms. The highest BCUT2D eigenvalue weighted by atomic mass is 79.9. The topological polar surface area (TPSA) is 63.6 Å². The van der Waals surface area contributed by atoms with E-state index in [9.17, 15) is 14.7 Å². The third kappa shape index (κ3) is 11.1. The zero-order valence-corrected chi connectivity index (χ0v) is 20.0. The van der Waals surface area contributed by atoms with Crippen LogP contribution in [0.1, 0.15) is 78.1 Å². The fraction of sp³-hybridized carbons (Fsp3) is 0.889. The number of hydrogen-bond acceptors (Lipinski definition) is 4. The van der Waals surface area contributed by atoms with Gasteiger partial charge in [-0.05, 0) is 67.3 Å². The molecule has 2 aliphatic rings. The molecular formula is C18H31Br3O4. The lowest BCUT2D eigenvalue weighted by molar-refractivity contribution is -0.156. The summed E-state index contributed by atoms with van der Waals surface area (Å²) in [5, 5.41) is 10.2. The second-order valence-electron chi connectivity index (χ2n) is 6.63. The first-order valence-electron chi connectivity index (χ1n) is 9.01. The maximum atomic E-state index is 11.1. The summed E-state index contributed by atoms with van der Waals surface area (Å²) in [6.07, 6.45) is 10.9. The van der Waals surface area contributed by atoms with Gasteiger partial charge in [-0.2, -0.15) is 0 Å². The fourth-order valence-electron chi connectivity index (χ4n) is 3.20. The molecule has 2 fully saturated rings. The second kappa shape index (κ2) is 13.7. The molecular weight excluding hydrogens is 520 g/mol. The summed E-state index contributed by atoms with van der Waals surface area (Å²) >= 11 is 8.71. The van der Waals surface area contributed by atoms with Gasteiger partial charge >= 0.3 is 5.97 Å². The molecule has 0 spiro atoms. The zero-order valence-electron chi connectivity index (χ0n) is 15.3. The second-order valence-corrected chi connectivity index (χ2v) is 8.63. The van der Waals surface area contributed by atoms with Crippen molar-refractivity contribution < 1.29 is 19.4 Å². The largest absolute Gasteiger partial charge is 0.458 e. The van der Waals surface area contributed by atoms with Crippen LogP contribution >= 0.6 is 47.8 Å². The summed E-state index contributed by atoms with van der Waals surface area (Å²) in [5.74, 6) is -0.126. The number of esters is 1. The van der Waals surface area contributed by atoms with Crippen molar-refractivity contribution in [3.63, 3.8) is 0 Å². The monoisotopic (exact) mass is 548 g/mol. The molecule has 0 amide bonds. The maximum Gasteiger partial charge on any atom is 0.317 e. The number of aliphatic hydroxyl groups is 1. The Morgan fingerprint density at radius 2 is 1.36 bits per heavy atom. The van der Waals surface area contributed by atoms with Gasteiger partial charge in [-0.1, -0.05) is 58.5 Å². The molecule has 25 heavy (non-hydrogen) atoms. The van der Waals surface area contributed by atoms with Gasteiger partial charge in [0.25, 0.3) is 0 Å². The van der Waals surface area contributed by atoms with E-state index in [2.05, 4.69) is 61.6 Å². The van der Waals surface area contributed by atoms with Crippen LogP contribution in [-0.4, -0.2) is 37.6 Å². The standard InChI is InChI=1S/C9H15BrO2.C7H14O.C2H2Br2O/c1-2-9(5-3-4-6-9)12-8(11)7-10;1-2-7(8)5-3-4-6-7;3-1-2(4)5/h2-7H2,1H3;8H,2-6H2,1H3;1H2. The Kier molecular flexibility index (Phi) is 14.0. The third-order valence-corrected chi connectivity index (χ3v) is 6.90. The van der Waals surface area contributed by atoms with Gasteiger partial charge in [-0.25, -0.2) is 0 Å². The van der Waals surface area contributed by atoms with Gasteiger partial charge in [0.05, 0.1) is 10.9 Å². The van der Waals surface area contributed by atoms with Gasteiger partial charge < -0.3 is 9.84 Å². The number of rotatable bonds is 5. The minimum Gasteiger partial charge on any atom is -0.458 e. The van der Waals surface area contributed by atoms with E-state index < -0.39 is 0 Å². The Hall–Kier alpha value is 0.540. The Bertz CT molecular complexity index is 390. The molecule has 4 nitrogen and oxygen atoms in total. The Balaban J connectivity index is 0.000000382. The Labute approximate surface area is 177 Å². The van der Waals surface area contributed by atoms with Crippen LogP contribution in [0.5, 0.6) is 0 Å². The van der Waals surface area contributed by atoms with Crippen LogP contribution in [0.15, 0.2) is 0 Å². The average Bonchev–Trinajstić information content (AvgIpc) is 3.26. The molecule has 1 N–H and O–H groups in total. The van der Waals surface area contributed by atoms with Crippen LogP contribution in [0.2, 0.25) is 0 Å². The third-order valence-electron chi connectivity index (χ3n) is 4.90. The van der Waals surface area contributed by atoms with E-state index in [0.717, 1.165) is 38.5 Å². The normalized spacial score (nSPS) is 19.9. The summed E-state index contributed by atoms with van der Waals surface area (Å²) in [7, 11) is 0. The SMILES string of the molecule is CCC1(O)CCCC1.CCC1(OC(=O)CBr)CCCC1.O=C(Br)CBr. The van der Waals surface area contributed by atoms with Crippen molar-refractivity contribution >= 4 is 58.5 Å². The number of carbonyl (C=O) groups is 2. The van der Waals surface area contributed by atoms with Gasteiger partial charge in [-0.3, -0.25) is 9.59 Å². The van der Waals surface area contributed by atoms with E-state index in [4.69, 9.17) is 4.74 Å². The van der Waals surface area contributed by atoms with E-state index in [1.165, 1.54) is 25.7 Å². The first-order chi connectivity index (χ1) is 11.8. The lowest BCUT2D eigenvalue weighted by Gasteiger charge is -2.27. The van der Waals surface area contributed by atoms with Crippen LogP contribution in [0.25, 0.3) is 0 Å². The lowest BCUT2D eigenvalue weighted by atomic mass is 9.99. The van der Waals surface area contributed by atoms with E-state index in [1.54, 1.807) is 0 Å². The maximum absolute atomic E-state index is 11.1. The summed E-state index contributed by atoms with van der Waals surface area (Å²) in [5.41, 5.74) is -0.384. The van der Waals surface area contributed by atoms with Crippen molar-refractivity contribution in [2.24, 2.45) is 0 Å².